The van der Waals surface area contributed by atoms with Gasteiger partial charge in [-0.1, -0.05) is 22.0 Å². The van der Waals surface area contributed by atoms with Crippen molar-refractivity contribution in [1.29, 1.82) is 5.26 Å². The van der Waals surface area contributed by atoms with Crippen LogP contribution in [0.3, 0.4) is 0 Å². The van der Waals surface area contributed by atoms with Crippen LogP contribution in [0.2, 0.25) is 0 Å². The molecule has 0 aliphatic heterocycles. The summed E-state index contributed by atoms with van der Waals surface area (Å²) in [4.78, 5) is 14.0. The van der Waals surface area contributed by atoms with Crippen molar-refractivity contribution in [2.45, 2.75) is 31.7 Å². The Balaban J connectivity index is 3.10. The Kier molecular flexibility index (Phi) is 5.04. The van der Waals surface area contributed by atoms with Crippen LogP contribution >= 0.6 is 15.9 Å². The van der Waals surface area contributed by atoms with Crippen LogP contribution in [0, 0.1) is 11.3 Å². The van der Waals surface area contributed by atoms with Crippen molar-refractivity contribution in [3.63, 3.8) is 0 Å². The molecule has 0 heterocycles. The Labute approximate surface area is 119 Å². The normalized spacial score (nSPS) is 12.6. The first-order valence-electron chi connectivity index (χ1n) is 5.59. The second kappa shape index (κ2) is 6.13. The van der Waals surface area contributed by atoms with Crippen LogP contribution in [0.5, 0.6) is 0 Å². The zero-order valence-electron chi connectivity index (χ0n) is 10.6. The van der Waals surface area contributed by atoms with Gasteiger partial charge in [-0.15, -0.1) is 0 Å². The van der Waals surface area contributed by atoms with E-state index in [9.17, 15) is 9.32 Å². The van der Waals surface area contributed by atoms with Crippen LogP contribution < -0.4 is 5.73 Å². The lowest BCUT2D eigenvalue weighted by Crippen LogP contribution is -2.18. The highest BCUT2D eigenvalue weighted by molar-refractivity contribution is 9.10. The molecule has 0 aliphatic rings. The summed E-state index contributed by atoms with van der Waals surface area (Å²) < 4.78 is 12.5. The number of hydrogen-bond acceptors (Lipinski definition) is 4. The zero-order valence-corrected chi connectivity index (χ0v) is 12.2. The highest BCUT2D eigenvalue weighted by atomic mass is 79.9. The molecule has 0 spiro atoms. The first kappa shape index (κ1) is 15.6. The Morgan fingerprint density at radius 1 is 1.58 bits per heavy atom. The highest BCUT2D eigenvalue weighted by Crippen LogP contribution is 2.29. The third-order valence-electron chi connectivity index (χ3n) is 2.82. The van der Waals surface area contributed by atoms with Crippen LogP contribution in [0.25, 0.3) is 0 Å². The minimum atomic E-state index is -1.02. The molecule has 0 aliphatic carbocycles. The summed E-state index contributed by atoms with van der Waals surface area (Å²) in [5.74, 6) is -1.02. The van der Waals surface area contributed by atoms with E-state index in [0.29, 0.717) is 5.56 Å². The summed E-state index contributed by atoms with van der Waals surface area (Å²) in [6.07, 6.45) is -0.265. The predicted molar refractivity (Wildman–Crippen MR) is 71.5 cm³/mol. The van der Waals surface area contributed by atoms with Gasteiger partial charge in [0.05, 0.1) is 17.9 Å². The quantitative estimate of drug-likeness (QED) is 0.921. The fourth-order valence-electron chi connectivity index (χ4n) is 1.58. The van der Waals surface area contributed by atoms with Crippen LogP contribution in [-0.2, 0) is 15.2 Å². The molecule has 6 heteroatoms. The highest BCUT2D eigenvalue weighted by Gasteiger charge is 2.22. The predicted octanol–water partition coefficient (Wildman–Crippen LogP) is 3.07. The average Bonchev–Trinajstić information content (AvgIpc) is 2.37. The molecule has 0 fully saturated rings. The molecule has 0 saturated heterocycles. The molecule has 0 radical (unpaired) electrons. The Bertz CT molecular complexity index is 526. The number of benzene rings is 1. The van der Waals surface area contributed by atoms with E-state index in [2.05, 4.69) is 26.9 Å². The first-order valence-corrected chi connectivity index (χ1v) is 6.38. The summed E-state index contributed by atoms with van der Waals surface area (Å²) in [5.41, 5.74) is 6.55. The summed E-state index contributed by atoms with van der Waals surface area (Å²) in [6, 6.07) is 6.79. The van der Waals surface area contributed by atoms with Gasteiger partial charge in [0.1, 0.15) is 0 Å². The van der Waals surface area contributed by atoms with Crippen LogP contribution in [0.15, 0.2) is 22.7 Å². The number of nitrogens with two attached hydrogens (primary N) is 1. The summed E-state index contributed by atoms with van der Waals surface area (Å²) in [7, 11) is 0. The lowest BCUT2D eigenvalue weighted by molar-refractivity contribution is -0.184. The third-order valence-corrected chi connectivity index (χ3v) is 3.28. The van der Waals surface area contributed by atoms with E-state index in [4.69, 9.17) is 11.0 Å². The SMILES string of the molecule is CC(C)(C#N)c1cc(Br)cc(C(N)CC(=O)OF)c1. The molecule has 1 atom stereocenters. The molecule has 0 amide bonds. The molecule has 0 saturated carbocycles. The van der Waals surface area contributed by atoms with Gasteiger partial charge in [-0.2, -0.15) is 5.26 Å². The molecule has 1 aromatic rings. The largest absolute Gasteiger partial charge is 0.350 e. The minimum Gasteiger partial charge on any atom is -0.323 e. The van der Waals surface area contributed by atoms with Crippen LogP contribution in [0.4, 0.5) is 4.53 Å². The molecule has 102 valence electrons. The number of rotatable bonds is 4. The van der Waals surface area contributed by atoms with E-state index in [-0.39, 0.29) is 6.42 Å². The van der Waals surface area contributed by atoms with Gasteiger partial charge >= 0.3 is 5.97 Å². The molecule has 0 bridgehead atoms. The Morgan fingerprint density at radius 2 is 2.21 bits per heavy atom. The maximum Gasteiger partial charge on any atom is 0.350 e. The van der Waals surface area contributed by atoms with E-state index in [0.717, 1.165) is 10.0 Å². The maximum absolute atomic E-state index is 11.7. The molecule has 1 unspecified atom stereocenters. The standard InChI is InChI=1S/C13H14BrFN2O2/c1-13(2,7-16)9-3-8(4-10(14)5-9)11(17)6-12(18)19-15/h3-5,11H,6,17H2,1-2H3. The van der Waals surface area contributed by atoms with Gasteiger partial charge in [-0.05, 0) is 37.1 Å². The maximum atomic E-state index is 11.7. The fourth-order valence-corrected chi connectivity index (χ4v) is 2.09. The smallest absolute Gasteiger partial charge is 0.323 e. The molecular formula is C13H14BrFN2O2. The van der Waals surface area contributed by atoms with E-state index in [1.54, 1.807) is 26.0 Å². The fraction of sp³-hybridized carbons (Fsp3) is 0.385. The van der Waals surface area contributed by atoms with Crippen LogP contribution in [0.1, 0.15) is 37.4 Å². The van der Waals surface area contributed by atoms with Gasteiger partial charge in [0.15, 0.2) is 0 Å². The topological polar surface area (TPSA) is 76.1 Å². The number of carbonyl (C=O) groups excluding carboxylic acids is 1. The molecule has 0 aromatic heterocycles. The van der Waals surface area contributed by atoms with Gasteiger partial charge in [-0.3, -0.25) is 4.94 Å². The van der Waals surface area contributed by atoms with Crippen molar-refractivity contribution in [2.24, 2.45) is 5.73 Å². The van der Waals surface area contributed by atoms with E-state index >= 15 is 0 Å². The second-order valence-electron chi connectivity index (χ2n) is 4.77. The zero-order chi connectivity index (χ0) is 14.6. The molecular weight excluding hydrogens is 315 g/mol. The van der Waals surface area contributed by atoms with Gasteiger partial charge in [0.2, 0.25) is 0 Å². The van der Waals surface area contributed by atoms with Crippen molar-refractivity contribution in [3.05, 3.63) is 33.8 Å². The Morgan fingerprint density at radius 3 is 2.74 bits per heavy atom. The first-order chi connectivity index (χ1) is 8.80. The van der Waals surface area contributed by atoms with Crippen molar-refractivity contribution in [1.82, 2.24) is 0 Å². The van der Waals surface area contributed by atoms with Crippen molar-refractivity contribution < 1.29 is 14.3 Å². The number of hydrogen-bond donors (Lipinski definition) is 1. The molecule has 1 rings (SSSR count). The van der Waals surface area contributed by atoms with Gasteiger partial charge in [0.25, 0.3) is 0 Å². The van der Waals surface area contributed by atoms with E-state index in [1.807, 2.05) is 6.07 Å². The molecule has 4 nitrogen and oxygen atoms in total. The number of nitrogens with zero attached hydrogens (tertiary/aromatic N) is 1. The molecule has 19 heavy (non-hydrogen) atoms. The number of carbonyl (C=O) groups is 1. The summed E-state index contributed by atoms with van der Waals surface area (Å²) in [5, 5.41) is 9.13. The van der Waals surface area contributed by atoms with Gasteiger partial charge < -0.3 is 5.73 Å². The second-order valence-corrected chi connectivity index (χ2v) is 5.69. The van der Waals surface area contributed by atoms with Crippen molar-refractivity contribution in [3.8, 4) is 6.07 Å². The number of nitriles is 1. The Hall–Kier alpha value is -1.45. The monoisotopic (exact) mass is 328 g/mol. The average molecular weight is 329 g/mol. The lowest BCUT2D eigenvalue weighted by atomic mass is 9.84. The minimum absolute atomic E-state index is 0.265. The lowest BCUT2D eigenvalue weighted by Gasteiger charge is -2.19. The molecule has 1 aromatic carbocycles. The molecule has 2 N–H and O–H groups in total. The third kappa shape index (κ3) is 4.01. The van der Waals surface area contributed by atoms with E-state index in [1.165, 1.54) is 0 Å². The van der Waals surface area contributed by atoms with Gasteiger partial charge in [0, 0.05) is 15.0 Å². The summed E-state index contributed by atoms with van der Waals surface area (Å²) in [6.45, 7) is 3.56. The number of halogens is 2. The summed E-state index contributed by atoms with van der Waals surface area (Å²) >= 11 is 3.33. The van der Waals surface area contributed by atoms with Crippen molar-refractivity contribution in [2.75, 3.05) is 0 Å². The van der Waals surface area contributed by atoms with E-state index < -0.39 is 17.4 Å². The van der Waals surface area contributed by atoms with Crippen molar-refractivity contribution >= 4 is 21.9 Å². The van der Waals surface area contributed by atoms with Gasteiger partial charge in [-0.25, -0.2) is 4.79 Å². The van der Waals surface area contributed by atoms with Crippen LogP contribution in [-0.4, -0.2) is 5.97 Å².